The smallest absolute Gasteiger partial charge is 0.185 e. The highest BCUT2D eigenvalue weighted by Crippen LogP contribution is 2.26. The van der Waals surface area contributed by atoms with Gasteiger partial charge < -0.3 is 15.4 Å². The molecule has 2 atom stereocenters. The summed E-state index contributed by atoms with van der Waals surface area (Å²) in [6, 6.07) is 0.370. The van der Waals surface area contributed by atoms with Crippen LogP contribution in [0.4, 0.5) is 5.13 Å². The highest BCUT2D eigenvalue weighted by molar-refractivity contribution is 7.13. The fraction of sp³-hybridized carbons (Fsp3) is 0.700. The van der Waals surface area contributed by atoms with Gasteiger partial charge in [0.15, 0.2) is 5.13 Å². The first-order chi connectivity index (χ1) is 7.35. The molecule has 15 heavy (non-hydrogen) atoms. The molecule has 1 saturated heterocycles. The van der Waals surface area contributed by atoms with Crippen LogP contribution in [0, 0.1) is 0 Å². The first-order valence-corrected chi connectivity index (χ1v) is 6.12. The Bertz CT molecular complexity index is 291. The van der Waals surface area contributed by atoms with Crippen LogP contribution in [-0.4, -0.2) is 37.3 Å². The minimum absolute atomic E-state index is 0.356. The Labute approximate surface area is 94.1 Å². The van der Waals surface area contributed by atoms with E-state index in [1.165, 1.54) is 0 Å². The first-order valence-electron chi connectivity index (χ1n) is 5.24. The number of anilines is 1. The molecule has 0 amide bonds. The van der Waals surface area contributed by atoms with E-state index in [4.69, 9.17) is 10.5 Å². The number of thiazole rings is 1. The van der Waals surface area contributed by atoms with Gasteiger partial charge in [-0.25, -0.2) is 4.98 Å². The van der Waals surface area contributed by atoms with Gasteiger partial charge in [0.1, 0.15) is 0 Å². The lowest BCUT2D eigenvalue weighted by atomic mass is 10.00. The van der Waals surface area contributed by atoms with E-state index < -0.39 is 0 Å². The van der Waals surface area contributed by atoms with E-state index in [0.29, 0.717) is 18.7 Å². The molecular formula is C10H17N3OS. The second kappa shape index (κ2) is 4.92. The molecule has 5 heteroatoms. The summed E-state index contributed by atoms with van der Waals surface area (Å²) >= 11 is 1.68. The predicted octanol–water partition coefficient (Wildman–Crippen LogP) is 1.09. The van der Waals surface area contributed by atoms with Crippen molar-refractivity contribution in [2.24, 2.45) is 5.73 Å². The summed E-state index contributed by atoms with van der Waals surface area (Å²) in [5.74, 6) is 0. The van der Waals surface area contributed by atoms with Crippen molar-refractivity contribution in [3.63, 3.8) is 0 Å². The number of nitrogens with zero attached hydrogens (tertiary/aromatic N) is 2. The normalized spacial score (nSPS) is 26.9. The van der Waals surface area contributed by atoms with E-state index in [0.717, 1.165) is 24.5 Å². The van der Waals surface area contributed by atoms with Crippen molar-refractivity contribution in [3.05, 3.63) is 11.6 Å². The standard InChI is InChI=1S/C10H17N3OS/c1-14-9-2-4-13(8(6-9)7-11)10-12-3-5-15-10/h3,5,8-9H,2,4,6-7,11H2,1H3. The van der Waals surface area contributed by atoms with Crippen LogP contribution in [0.2, 0.25) is 0 Å². The van der Waals surface area contributed by atoms with Gasteiger partial charge >= 0.3 is 0 Å². The number of hydrogen-bond acceptors (Lipinski definition) is 5. The number of rotatable bonds is 3. The Hall–Kier alpha value is -0.650. The third-order valence-corrected chi connectivity index (χ3v) is 3.75. The van der Waals surface area contributed by atoms with Crippen molar-refractivity contribution in [1.29, 1.82) is 0 Å². The van der Waals surface area contributed by atoms with Crippen LogP contribution in [0.25, 0.3) is 0 Å². The monoisotopic (exact) mass is 227 g/mol. The molecule has 1 fully saturated rings. The van der Waals surface area contributed by atoms with Crippen molar-refractivity contribution >= 4 is 16.5 Å². The topological polar surface area (TPSA) is 51.4 Å². The molecule has 1 aromatic heterocycles. The molecule has 84 valence electrons. The highest BCUT2D eigenvalue weighted by Gasteiger charge is 2.28. The second-order valence-corrected chi connectivity index (χ2v) is 4.65. The van der Waals surface area contributed by atoms with Crippen molar-refractivity contribution < 1.29 is 4.74 Å². The molecule has 2 unspecified atom stereocenters. The summed E-state index contributed by atoms with van der Waals surface area (Å²) in [6.07, 6.45) is 4.27. The number of ether oxygens (including phenoxy) is 1. The molecule has 0 aliphatic carbocycles. The molecular weight excluding hydrogens is 210 g/mol. The lowest BCUT2D eigenvalue weighted by Gasteiger charge is -2.38. The molecule has 0 bridgehead atoms. The minimum atomic E-state index is 0.356. The van der Waals surface area contributed by atoms with Gasteiger partial charge in [0.2, 0.25) is 0 Å². The first kappa shape index (κ1) is 10.9. The van der Waals surface area contributed by atoms with E-state index in [1.54, 1.807) is 18.4 Å². The van der Waals surface area contributed by atoms with Gasteiger partial charge in [-0.1, -0.05) is 0 Å². The number of piperidine rings is 1. The number of nitrogens with two attached hydrogens (primary N) is 1. The third-order valence-electron chi connectivity index (χ3n) is 2.94. The van der Waals surface area contributed by atoms with E-state index in [2.05, 4.69) is 9.88 Å². The zero-order valence-corrected chi connectivity index (χ0v) is 9.74. The number of methoxy groups -OCH3 is 1. The molecule has 0 saturated carbocycles. The average molecular weight is 227 g/mol. The Kier molecular flexibility index (Phi) is 3.56. The Balaban J connectivity index is 2.06. The summed E-state index contributed by atoms with van der Waals surface area (Å²) in [4.78, 5) is 6.64. The van der Waals surface area contributed by atoms with Crippen LogP contribution in [0.15, 0.2) is 11.6 Å². The molecule has 0 radical (unpaired) electrons. The SMILES string of the molecule is COC1CCN(c2nccs2)C(CN)C1. The maximum Gasteiger partial charge on any atom is 0.185 e. The highest BCUT2D eigenvalue weighted by atomic mass is 32.1. The lowest BCUT2D eigenvalue weighted by molar-refractivity contribution is 0.0709. The summed E-state index contributed by atoms with van der Waals surface area (Å²) in [7, 11) is 1.78. The van der Waals surface area contributed by atoms with E-state index in [9.17, 15) is 0 Å². The largest absolute Gasteiger partial charge is 0.381 e. The van der Waals surface area contributed by atoms with Gasteiger partial charge in [-0.15, -0.1) is 11.3 Å². The van der Waals surface area contributed by atoms with Crippen molar-refractivity contribution in [2.45, 2.75) is 25.0 Å². The lowest BCUT2D eigenvalue weighted by Crippen LogP contribution is -2.48. The molecule has 4 nitrogen and oxygen atoms in total. The Morgan fingerprint density at radius 1 is 1.73 bits per heavy atom. The Morgan fingerprint density at radius 3 is 3.20 bits per heavy atom. The summed E-state index contributed by atoms with van der Waals surface area (Å²) in [6.45, 7) is 1.66. The van der Waals surface area contributed by atoms with Crippen LogP contribution < -0.4 is 10.6 Å². The van der Waals surface area contributed by atoms with Gasteiger partial charge in [-0.3, -0.25) is 0 Å². The molecule has 0 spiro atoms. The van der Waals surface area contributed by atoms with Crippen LogP contribution in [0.1, 0.15) is 12.8 Å². The van der Waals surface area contributed by atoms with Crippen molar-refractivity contribution in [1.82, 2.24) is 4.98 Å². The van der Waals surface area contributed by atoms with Gasteiger partial charge in [0, 0.05) is 37.8 Å². The molecule has 2 N–H and O–H groups in total. The van der Waals surface area contributed by atoms with E-state index >= 15 is 0 Å². The maximum absolute atomic E-state index is 5.80. The number of aromatic nitrogens is 1. The minimum Gasteiger partial charge on any atom is -0.381 e. The van der Waals surface area contributed by atoms with Crippen molar-refractivity contribution in [3.8, 4) is 0 Å². The fourth-order valence-corrected chi connectivity index (χ4v) is 2.80. The van der Waals surface area contributed by atoms with Crippen LogP contribution in [-0.2, 0) is 4.74 Å². The van der Waals surface area contributed by atoms with Gasteiger partial charge in [-0.2, -0.15) is 0 Å². The quantitative estimate of drug-likeness (QED) is 0.839. The van der Waals surface area contributed by atoms with Gasteiger partial charge in [0.25, 0.3) is 0 Å². The summed E-state index contributed by atoms with van der Waals surface area (Å²) in [5, 5.41) is 3.09. The van der Waals surface area contributed by atoms with Gasteiger partial charge in [-0.05, 0) is 12.8 Å². The maximum atomic E-state index is 5.80. The average Bonchev–Trinajstić information content (AvgIpc) is 2.81. The second-order valence-electron chi connectivity index (χ2n) is 3.78. The predicted molar refractivity (Wildman–Crippen MR) is 62.3 cm³/mol. The van der Waals surface area contributed by atoms with Crippen LogP contribution in [0.5, 0.6) is 0 Å². The summed E-state index contributed by atoms with van der Waals surface area (Å²) < 4.78 is 5.39. The van der Waals surface area contributed by atoms with Crippen LogP contribution in [0.3, 0.4) is 0 Å². The molecule has 2 heterocycles. The Morgan fingerprint density at radius 2 is 2.60 bits per heavy atom. The molecule has 1 aliphatic rings. The molecule has 1 aliphatic heterocycles. The zero-order chi connectivity index (χ0) is 10.7. The van der Waals surface area contributed by atoms with Crippen LogP contribution >= 0.6 is 11.3 Å². The third kappa shape index (κ3) is 2.30. The van der Waals surface area contributed by atoms with E-state index in [1.807, 2.05) is 11.6 Å². The molecule has 1 aromatic rings. The van der Waals surface area contributed by atoms with Crippen molar-refractivity contribution in [2.75, 3.05) is 25.1 Å². The molecule has 0 aromatic carbocycles. The van der Waals surface area contributed by atoms with E-state index in [-0.39, 0.29) is 0 Å². The molecule has 2 rings (SSSR count). The number of hydrogen-bond donors (Lipinski definition) is 1. The zero-order valence-electron chi connectivity index (χ0n) is 8.93. The van der Waals surface area contributed by atoms with Gasteiger partial charge in [0.05, 0.1) is 6.10 Å². The fourth-order valence-electron chi connectivity index (χ4n) is 2.06. The summed E-state index contributed by atoms with van der Waals surface area (Å²) in [5.41, 5.74) is 5.80.